The lowest BCUT2D eigenvalue weighted by Gasteiger charge is -2.20. The van der Waals surface area contributed by atoms with Gasteiger partial charge in [0.15, 0.2) is 0 Å². The predicted octanol–water partition coefficient (Wildman–Crippen LogP) is 10.4. The molecule has 0 radical (unpaired) electrons. The molecule has 0 bridgehead atoms. The molecule has 52 heavy (non-hydrogen) atoms. The quantitative estimate of drug-likeness (QED) is 0.127. The van der Waals surface area contributed by atoms with Crippen LogP contribution in [-0.4, -0.2) is 22.1 Å². The first-order chi connectivity index (χ1) is 25.5. The summed E-state index contributed by atoms with van der Waals surface area (Å²) in [5.41, 5.74) is 9.89. The van der Waals surface area contributed by atoms with E-state index in [1.54, 1.807) is 13.2 Å². The van der Waals surface area contributed by atoms with Gasteiger partial charge in [-0.3, -0.25) is 15.0 Å². The summed E-state index contributed by atoms with van der Waals surface area (Å²) in [6, 6.07) is 42.5. The molecule has 0 N–H and O–H groups in total. The zero-order valence-electron chi connectivity index (χ0n) is 28.6. The molecule has 0 saturated heterocycles. The van der Waals surface area contributed by atoms with Gasteiger partial charge in [0, 0.05) is 65.8 Å². The highest BCUT2D eigenvalue weighted by atomic mass is 19.1. The van der Waals surface area contributed by atoms with Crippen molar-refractivity contribution in [2.24, 2.45) is 0 Å². The van der Waals surface area contributed by atoms with Crippen LogP contribution in [0.15, 0.2) is 140 Å². The van der Waals surface area contributed by atoms with Crippen LogP contribution in [-0.2, 0) is 25.7 Å². The lowest BCUT2D eigenvalue weighted by molar-refractivity contribution is 0.414. The summed E-state index contributed by atoms with van der Waals surface area (Å²) in [6.45, 7) is 7.26. The van der Waals surface area contributed by atoms with Crippen LogP contribution in [0.5, 0.6) is 5.75 Å². The van der Waals surface area contributed by atoms with Crippen LogP contribution in [0.2, 0.25) is 0 Å². The van der Waals surface area contributed by atoms with E-state index in [0.29, 0.717) is 31.4 Å². The minimum atomic E-state index is -0.909. The first-order valence-electron chi connectivity index (χ1n) is 17.0. The van der Waals surface area contributed by atoms with Crippen LogP contribution in [0.4, 0.5) is 14.5 Å². The van der Waals surface area contributed by atoms with Gasteiger partial charge in [-0.05, 0) is 70.6 Å². The largest absolute Gasteiger partial charge is 0.497 e. The summed E-state index contributed by atoms with van der Waals surface area (Å²) < 4.78 is 35.1. The lowest BCUT2D eigenvalue weighted by Crippen LogP contribution is -2.09. The summed E-state index contributed by atoms with van der Waals surface area (Å²) in [5, 5.41) is 0. The Morgan fingerprint density at radius 2 is 1.29 bits per heavy atom. The zero-order chi connectivity index (χ0) is 35.9. The maximum Gasteiger partial charge on any atom is 0.257 e. The molecular formula is C45H34F2N4O. The van der Waals surface area contributed by atoms with Gasteiger partial charge in [0.05, 0.1) is 25.1 Å². The van der Waals surface area contributed by atoms with Crippen molar-refractivity contribution in [3.8, 4) is 28.3 Å². The van der Waals surface area contributed by atoms with Crippen LogP contribution in [0.3, 0.4) is 0 Å². The first-order valence-corrected chi connectivity index (χ1v) is 17.0. The molecule has 0 aliphatic heterocycles. The Hall–Kier alpha value is -6.52. The van der Waals surface area contributed by atoms with Gasteiger partial charge in [-0.2, -0.15) is 0 Å². The minimum Gasteiger partial charge on any atom is -0.497 e. The molecular weight excluding hydrogens is 651 g/mol. The molecule has 254 valence electrons. The number of rotatable bonds is 11. The number of benzene rings is 4. The van der Waals surface area contributed by atoms with Crippen LogP contribution in [0.25, 0.3) is 27.4 Å². The van der Waals surface area contributed by atoms with E-state index in [9.17, 15) is 4.39 Å². The Morgan fingerprint density at radius 3 is 2.00 bits per heavy atom. The van der Waals surface area contributed by atoms with Crippen molar-refractivity contribution in [2.45, 2.75) is 25.7 Å². The second kappa shape index (κ2) is 15.6. The molecule has 0 amide bonds. The third-order valence-corrected chi connectivity index (χ3v) is 9.09. The van der Waals surface area contributed by atoms with Crippen LogP contribution >= 0.6 is 0 Å². The second-order valence-electron chi connectivity index (χ2n) is 12.5. The molecule has 7 heteroatoms. The van der Waals surface area contributed by atoms with E-state index in [2.05, 4.69) is 29.1 Å². The molecule has 0 unspecified atom stereocenters. The second-order valence-corrected chi connectivity index (χ2v) is 12.5. The fourth-order valence-corrected chi connectivity index (χ4v) is 6.53. The Bertz CT molecular complexity index is 2380. The molecule has 0 saturated carbocycles. The average Bonchev–Trinajstić information content (AvgIpc) is 3.18. The van der Waals surface area contributed by atoms with Crippen LogP contribution < -0.4 is 4.74 Å². The fraction of sp³-hybridized carbons (Fsp3) is 0.111. The molecule has 3 aromatic heterocycles. The van der Waals surface area contributed by atoms with E-state index >= 15 is 4.39 Å². The Labute approximate surface area is 302 Å². The molecule has 3 heterocycles. The van der Waals surface area contributed by atoms with Crippen LogP contribution in [0, 0.1) is 18.2 Å². The van der Waals surface area contributed by atoms with Crippen molar-refractivity contribution in [3.05, 3.63) is 208 Å². The van der Waals surface area contributed by atoms with E-state index < -0.39 is 17.3 Å². The SMILES string of the molecule is [C-]#[N+]c1c(F)ccc(-c2cccc(Cc3ccc(Cc4cc(OC)cc(-c5ccccc5)n4)c(Cc4ccccn4)c3Cc3ccccc3)n2)c1F. The molecule has 0 aliphatic rings. The van der Waals surface area contributed by atoms with E-state index in [0.717, 1.165) is 68.0 Å². The van der Waals surface area contributed by atoms with Gasteiger partial charge in [-0.15, -0.1) is 0 Å². The predicted molar refractivity (Wildman–Crippen MR) is 200 cm³/mol. The van der Waals surface area contributed by atoms with Crippen molar-refractivity contribution in [3.63, 3.8) is 0 Å². The van der Waals surface area contributed by atoms with E-state index in [4.69, 9.17) is 26.3 Å². The Kier molecular flexibility index (Phi) is 10.2. The van der Waals surface area contributed by atoms with Gasteiger partial charge in [0.1, 0.15) is 17.4 Å². The topological polar surface area (TPSA) is 52.3 Å². The highest BCUT2D eigenvalue weighted by Gasteiger charge is 2.20. The number of pyridine rings is 3. The van der Waals surface area contributed by atoms with Crippen molar-refractivity contribution < 1.29 is 13.5 Å². The first kappa shape index (κ1) is 34.0. The highest BCUT2D eigenvalue weighted by molar-refractivity contribution is 5.67. The van der Waals surface area contributed by atoms with Crippen molar-refractivity contribution in [1.82, 2.24) is 15.0 Å². The number of hydrogen-bond donors (Lipinski definition) is 0. The normalized spacial score (nSPS) is 10.9. The number of halogens is 2. The molecule has 0 fully saturated rings. The number of methoxy groups -OCH3 is 1. The smallest absolute Gasteiger partial charge is 0.257 e. The van der Waals surface area contributed by atoms with Gasteiger partial charge in [-0.25, -0.2) is 13.6 Å². The maximum absolute atomic E-state index is 15.2. The van der Waals surface area contributed by atoms with Gasteiger partial charge in [0.25, 0.3) is 5.69 Å². The van der Waals surface area contributed by atoms with Crippen LogP contribution in [0.1, 0.15) is 44.9 Å². The maximum atomic E-state index is 15.2. The molecule has 0 atom stereocenters. The van der Waals surface area contributed by atoms with Gasteiger partial charge in [0.2, 0.25) is 0 Å². The van der Waals surface area contributed by atoms with Gasteiger partial charge < -0.3 is 4.74 Å². The van der Waals surface area contributed by atoms with Gasteiger partial charge in [-0.1, -0.05) is 84.9 Å². The van der Waals surface area contributed by atoms with Gasteiger partial charge >= 0.3 is 0 Å². The molecule has 4 aromatic carbocycles. The summed E-state index contributed by atoms with van der Waals surface area (Å²) in [5.74, 6) is -1.06. The monoisotopic (exact) mass is 684 g/mol. The van der Waals surface area contributed by atoms with E-state index in [1.165, 1.54) is 6.07 Å². The summed E-state index contributed by atoms with van der Waals surface area (Å²) in [7, 11) is 1.67. The summed E-state index contributed by atoms with van der Waals surface area (Å²) >= 11 is 0. The number of nitrogens with zero attached hydrogens (tertiary/aromatic N) is 4. The number of ether oxygens (including phenoxy) is 1. The summed E-state index contributed by atoms with van der Waals surface area (Å²) in [4.78, 5) is 17.7. The third kappa shape index (κ3) is 7.62. The molecule has 0 spiro atoms. The highest BCUT2D eigenvalue weighted by Crippen LogP contribution is 2.33. The van der Waals surface area contributed by atoms with E-state index in [-0.39, 0.29) is 5.56 Å². The van der Waals surface area contributed by atoms with Crippen molar-refractivity contribution in [1.29, 1.82) is 0 Å². The summed E-state index contributed by atoms with van der Waals surface area (Å²) in [6.07, 6.45) is 4.14. The fourth-order valence-electron chi connectivity index (χ4n) is 6.53. The number of hydrogen-bond acceptors (Lipinski definition) is 4. The molecule has 5 nitrogen and oxygen atoms in total. The Balaban J connectivity index is 1.34. The molecule has 7 rings (SSSR count). The zero-order valence-corrected chi connectivity index (χ0v) is 28.6. The van der Waals surface area contributed by atoms with Crippen molar-refractivity contribution >= 4 is 5.69 Å². The average molecular weight is 685 g/mol. The Morgan fingerprint density at radius 1 is 0.615 bits per heavy atom. The van der Waals surface area contributed by atoms with Crippen molar-refractivity contribution in [2.75, 3.05) is 7.11 Å². The number of aromatic nitrogens is 3. The van der Waals surface area contributed by atoms with E-state index in [1.807, 2.05) is 97.2 Å². The third-order valence-electron chi connectivity index (χ3n) is 9.09. The minimum absolute atomic E-state index is 0.0885. The molecule has 7 aromatic rings. The lowest BCUT2D eigenvalue weighted by atomic mass is 9.85. The molecule has 0 aliphatic carbocycles. The standard InChI is InChI=1S/C45H34F2N4O/c1-48-45-41(46)22-21-38(44(45)47)42-18-11-17-35(50-42)25-32-19-20-33(26-36-27-37(52-2)29-43(51-36)31-14-7-4-8-15-31)40(28-34-16-9-10-23-49-34)39(32)24-30-12-5-3-6-13-30/h3-23,27,29H,24-26,28H2,2H3.